The molecule has 0 aliphatic rings. The summed E-state index contributed by atoms with van der Waals surface area (Å²) in [4.78, 5) is 27.0. The van der Waals surface area contributed by atoms with Crippen LogP contribution >= 0.6 is 23.7 Å². The number of rotatable bonds is 7. The van der Waals surface area contributed by atoms with Crippen molar-refractivity contribution in [2.45, 2.75) is 33.6 Å². The molecule has 1 heterocycles. The number of amides is 2. The fraction of sp³-hybridized carbons (Fsp3) is 0.429. The van der Waals surface area contributed by atoms with Gasteiger partial charge in [-0.3, -0.25) is 9.59 Å². The number of hydrogen-bond acceptors (Lipinski definition) is 4. The van der Waals surface area contributed by atoms with Crippen molar-refractivity contribution < 1.29 is 9.59 Å². The van der Waals surface area contributed by atoms with Crippen molar-refractivity contribution in [3.05, 3.63) is 52.4 Å². The summed E-state index contributed by atoms with van der Waals surface area (Å²) in [7, 11) is 1.76. The smallest absolute Gasteiger partial charge is 0.256 e. The Balaban J connectivity index is 0.00000392. The van der Waals surface area contributed by atoms with Gasteiger partial charge in [0.05, 0.1) is 5.56 Å². The lowest BCUT2D eigenvalue weighted by molar-refractivity contribution is 0.0742. The molecule has 0 unspecified atom stereocenters. The molecule has 154 valence electrons. The van der Waals surface area contributed by atoms with Crippen molar-refractivity contribution in [3.8, 4) is 0 Å². The van der Waals surface area contributed by atoms with Crippen molar-refractivity contribution in [2.24, 2.45) is 11.1 Å². The van der Waals surface area contributed by atoms with Crippen LogP contribution < -0.4 is 11.1 Å². The summed E-state index contributed by atoms with van der Waals surface area (Å²) in [5, 5.41) is 5.25. The maximum absolute atomic E-state index is 12.8. The minimum Gasteiger partial charge on any atom is -0.341 e. The van der Waals surface area contributed by atoms with Crippen molar-refractivity contribution in [2.75, 3.05) is 25.5 Å². The molecule has 0 spiro atoms. The van der Waals surface area contributed by atoms with Crippen LogP contribution in [-0.4, -0.2) is 36.9 Å². The summed E-state index contributed by atoms with van der Waals surface area (Å²) in [6.07, 6.45) is 0. The lowest BCUT2D eigenvalue weighted by atomic mass is 9.93. The van der Waals surface area contributed by atoms with E-state index in [0.29, 0.717) is 35.1 Å². The third-order valence-corrected chi connectivity index (χ3v) is 5.36. The zero-order chi connectivity index (χ0) is 20.2. The number of hydrogen-bond donors (Lipinski definition) is 2. The second-order valence-corrected chi connectivity index (χ2v) is 8.84. The summed E-state index contributed by atoms with van der Waals surface area (Å²) in [5.41, 5.74) is 7.86. The quantitative estimate of drug-likeness (QED) is 0.683. The highest BCUT2D eigenvalue weighted by Crippen LogP contribution is 2.26. The van der Waals surface area contributed by atoms with Gasteiger partial charge in [-0.1, -0.05) is 39.8 Å². The van der Waals surface area contributed by atoms with Crippen LogP contribution in [0.1, 0.15) is 59.9 Å². The van der Waals surface area contributed by atoms with Crippen molar-refractivity contribution in [1.29, 1.82) is 0 Å². The van der Waals surface area contributed by atoms with Gasteiger partial charge in [-0.05, 0) is 47.0 Å². The predicted molar refractivity (Wildman–Crippen MR) is 120 cm³/mol. The molecule has 0 aliphatic carbocycles. The molecule has 0 fully saturated rings. The average Bonchev–Trinajstić information content (AvgIpc) is 3.08. The molecule has 3 N–H and O–H groups in total. The Kier molecular flexibility index (Phi) is 8.67. The lowest BCUT2D eigenvalue weighted by Gasteiger charge is -2.29. The number of nitrogens with zero attached hydrogens (tertiary/aromatic N) is 1. The highest BCUT2D eigenvalue weighted by Gasteiger charge is 2.24. The minimum atomic E-state index is -0.216. The van der Waals surface area contributed by atoms with Crippen LogP contribution in [0.2, 0.25) is 0 Å². The third-order valence-electron chi connectivity index (χ3n) is 4.53. The van der Waals surface area contributed by atoms with Crippen molar-refractivity contribution >= 4 is 40.6 Å². The van der Waals surface area contributed by atoms with Gasteiger partial charge < -0.3 is 16.0 Å². The summed E-state index contributed by atoms with van der Waals surface area (Å²) in [6, 6.07) is 9.30. The van der Waals surface area contributed by atoms with Crippen molar-refractivity contribution in [3.63, 3.8) is 0 Å². The molecule has 5 nitrogen and oxygen atoms in total. The molecule has 0 bridgehead atoms. The third kappa shape index (κ3) is 6.06. The Labute approximate surface area is 177 Å². The highest BCUT2D eigenvalue weighted by atomic mass is 35.5. The van der Waals surface area contributed by atoms with Gasteiger partial charge in [-0.25, -0.2) is 0 Å². The van der Waals surface area contributed by atoms with Crippen molar-refractivity contribution in [1.82, 2.24) is 4.90 Å². The van der Waals surface area contributed by atoms with E-state index in [-0.39, 0.29) is 29.6 Å². The number of benzene rings is 1. The van der Waals surface area contributed by atoms with Gasteiger partial charge in [0, 0.05) is 19.2 Å². The molecule has 1 aromatic heterocycles. The lowest BCUT2D eigenvalue weighted by Crippen LogP contribution is -2.39. The Morgan fingerprint density at radius 1 is 1.18 bits per heavy atom. The van der Waals surface area contributed by atoms with Crippen LogP contribution in [0.15, 0.2) is 35.7 Å². The van der Waals surface area contributed by atoms with Crippen LogP contribution in [-0.2, 0) is 0 Å². The normalized spacial score (nSPS) is 11.1. The van der Waals surface area contributed by atoms with Gasteiger partial charge in [0.1, 0.15) is 5.00 Å². The zero-order valence-corrected chi connectivity index (χ0v) is 18.7. The van der Waals surface area contributed by atoms with E-state index in [2.05, 4.69) is 19.2 Å². The number of anilines is 1. The Hall–Kier alpha value is -1.89. The summed E-state index contributed by atoms with van der Waals surface area (Å²) >= 11 is 1.35. The molecule has 0 saturated carbocycles. The molecule has 0 atom stereocenters. The molecule has 0 saturated heterocycles. The van der Waals surface area contributed by atoms with E-state index in [1.807, 2.05) is 43.5 Å². The zero-order valence-electron chi connectivity index (χ0n) is 17.1. The molecule has 7 heteroatoms. The fourth-order valence-corrected chi connectivity index (χ4v) is 3.53. The molecule has 2 amide bonds. The number of carbonyl (C=O) groups excluding carboxylic acids is 2. The largest absolute Gasteiger partial charge is 0.341 e. The van der Waals surface area contributed by atoms with Crippen LogP contribution in [0.25, 0.3) is 0 Å². The second-order valence-electron chi connectivity index (χ2n) is 7.92. The molecule has 0 radical (unpaired) electrons. The first-order valence-corrected chi connectivity index (χ1v) is 9.97. The summed E-state index contributed by atoms with van der Waals surface area (Å²) < 4.78 is 0. The molecule has 2 aromatic rings. The molecule has 1 aromatic carbocycles. The SMILES string of the molecule is CC(C)c1ccc(C(=O)Nc2sccc2C(=O)N(C)CC(C)(C)CN)cc1.Cl. The molecular weight excluding hydrogens is 394 g/mol. The van der Waals surface area contributed by atoms with Gasteiger partial charge in [-0.15, -0.1) is 23.7 Å². The van der Waals surface area contributed by atoms with E-state index in [0.717, 1.165) is 0 Å². The van der Waals surface area contributed by atoms with E-state index in [1.165, 1.54) is 16.9 Å². The van der Waals surface area contributed by atoms with Gasteiger partial charge in [0.2, 0.25) is 0 Å². The number of thiophene rings is 1. The summed E-state index contributed by atoms with van der Waals surface area (Å²) in [6.45, 7) is 9.30. The maximum atomic E-state index is 12.8. The molecule has 28 heavy (non-hydrogen) atoms. The van der Waals surface area contributed by atoms with Crippen LogP contribution in [0.4, 0.5) is 5.00 Å². The van der Waals surface area contributed by atoms with Crippen LogP contribution in [0.5, 0.6) is 0 Å². The van der Waals surface area contributed by atoms with Crippen LogP contribution in [0.3, 0.4) is 0 Å². The fourth-order valence-electron chi connectivity index (χ4n) is 2.75. The highest BCUT2D eigenvalue weighted by molar-refractivity contribution is 7.14. The standard InChI is InChI=1S/C21H29N3O2S.ClH/c1-14(2)15-6-8-16(9-7-15)18(25)23-19-17(10-11-27-19)20(26)24(5)13-21(3,4)12-22;/h6-11,14H,12-13,22H2,1-5H3,(H,23,25);1H. The Bertz CT molecular complexity index is 800. The van der Waals surface area contributed by atoms with E-state index in [4.69, 9.17) is 5.73 Å². The number of nitrogens with one attached hydrogen (secondary N) is 1. The topological polar surface area (TPSA) is 75.4 Å². The maximum Gasteiger partial charge on any atom is 0.256 e. The van der Waals surface area contributed by atoms with E-state index >= 15 is 0 Å². The average molecular weight is 424 g/mol. The van der Waals surface area contributed by atoms with Gasteiger partial charge in [0.25, 0.3) is 11.8 Å². The second kappa shape index (κ2) is 10.0. The van der Waals surface area contributed by atoms with E-state index in [1.54, 1.807) is 18.0 Å². The van der Waals surface area contributed by atoms with E-state index < -0.39 is 0 Å². The number of halogens is 1. The first-order valence-electron chi connectivity index (χ1n) is 9.09. The van der Waals surface area contributed by atoms with Crippen LogP contribution in [0, 0.1) is 5.41 Å². The van der Waals surface area contributed by atoms with Gasteiger partial charge in [0.15, 0.2) is 0 Å². The first-order chi connectivity index (χ1) is 12.6. The van der Waals surface area contributed by atoms with Gasteiger partial charge in [-0.2, -0.15) is 0 Å². The monoisotopic (exact) mass is 423 g/mol. The minimum absolute atomic E-state index is 0. The number of nitrogens with two attached hydrogens (primary N) is 1. The van der Waals surface area contributed by atoms with Gasteiger partial charge >= 0.3 is 0 Å². The van der Waals surface area contributed by atoms with E-state index in [9.17, 15) is 9.59 Å². The predicted octanol–water partition coefficient (Wildman–Crippen LogP) is 4.60. The Morgan fingerprint density at radius 2 is 1.79 bits per heavy atom. The molecule has 2 rings (SSSR count). The number of carbonyl (C=O) groups is 2. The molecular formula is C21H30ClN3O2S. The Morgan fingerprint density at radius 3 is 2.32 bits per heavy atom. The summed E-state index contributed by atoms with van der Waals surface area (Å²) in [5.74, 6) is 0.0758. The first kappa shape index (κ1) is 24.1. The molecule has 0 aliphatic heterocycles.